The fraction of sp³-hybridized carbons (Fsp3) is 0.278. The predicted molar refractivity (Wildman–Crippen MR) is 98.3 cm³/mol. The number of anilines is 1. The molecule has 1 aliphatic rings. The topological polar surface area (TPSA) is 59.4 Å². The lowest BCUT2D eigenvalue weighted by molar-refractivity contribution is -0.0499. The van der Waals surface area contributed by atoms with Gasteiger partial charge in [-0.25, -0.2) is 9.97 Å². The van der Waals surface area contributed by atoms with E-state index in [0.29, 0.717) is 11.4 Å². The Morgan fingerprint density at radius 3 is 2.92 bits per heavy atom. The molecule has 2 aromatic heterocycles. The van der Waals surface area contributed by atoms with Gasteiger partial charge in [-0.2, -0.15) is 13.9 Å². The van der Waals surface area contributed by atoms with E-state index in [2.05, 4.69) is 25.2 Å². The zero-order chi connectivity index (χ0) is 17.9. The van der Waals surface area contributed by atoms with Crippen LogP contribution in [0.5, 0.6) is 5.75 Å². The Bertz CT molecular complexity index is 958. The van der Waals surface area contributed by atoms with E-state index in [1.54, 1.807) is 29.5 Å². The number of aromatic nitrogens is 2. The van der Waals surface area contributed by atoms with Gasteiger partial charge >= 0.3 is 6.61 Å². The average Bonchev–Trinajstić information content (AvgIpc) is 3.02. The lowest BCUT2D eigenvalue weighted by atomic mass is 9.97. The molecule has 26 heavy (non-hydrogen) atoms. The number of nitrogens with one attached hydrogen (secondary N) is 1. The first-order valence-corrected chi connectivity index (χ1v) is 9.12. The van der Waals surface area contributed by atoms with Crippen LogP contribution < -0.4 is 10.2 Å². The van der Waals surface area contributed by atoms with E-state index < -0.39 is 6.61 Å². The van der Waals surface area contributed by atoms with E-state index >= 15 is 0 Å². The molecule has 5 nitrogen and oxygen atoms in total. The third-order valence-corrected chi connectivity index (χ3v) is 5.46. The van der Waals surface area contributed by atoms with Gasteiger partial charge < -0.3 is 4.74 Å². The van der Waals surface area contributed by atoms with Gasteiger partial charge in [0.25, 0.3) is 0 Å². The quantitative estimate of drug-likeness (QED) is 0.523. The van der Waals surface area contributed by atoms with Gasteiger partial charge in [0.1, 0.15) is 16.9 Å². The largest absolute Gasteiger partial charge is 0.434 e. The molecule has 8 heteroatoms. The molecule has 2 heterocycles. The molecule has 1 N–H and O–H groups in total. The van der Waals surface area contributed by atoms with E-state index in [0.717, 1.165) is 29.5 Å². The van der Waals surface area contributed by atoms with E-state index in [1.807, 2.05) is 0 Å². The Labute approximate surface area is 152 Å². The first-order chi connectivity index (χ1) is 12.7. The van der Waals surface area contributed by atoms with Crippen LogP contribution in [0.1, 0.15) is 28.8 Å². The van der Waals surface area contributed by atoms with Gasteiger partial charge in [0.2, 0.25) is 0 Å². The molecule has 1 aromatic carbocycles. The monoisotopic (exact) mass is 374 g/mol. The molecule has 0 unspecified atom stereocenters. The Balaban J connectivity index is 1.61. The number of hydrazone groups is 1. The molecule has 134 valence electrons. The van der Waals surface area contributed by atoms with Crippen molar-refractivity contribution in [3.8, 4) is 5.75 Å². The van der Waals surface area contributed by atoms with Crippen LogP contribution in [0.3, 0.4) is 0 Å². The summed E-state index contributed by atoms with van der Waals surface area (Å²) in [5, 5.41) is 5.19. The minimum atomic E-state index is -2.88. The third-order valence-electron chi connectivity index (χ3n) is 4.26. The molecule has 0 atom stereocenters. The third kappa shape index (κ3) is 3.37. The summed E-state index contributed by atoms with van der Waals surface area (Å²) in [6, 6.07) is 6.50. The highest BCUT2D eigenvalue weighted by atomic mass is 32.1. The summed E-state index contributed by atoms with van der Waals surface area (Å²) in [5.74, 6) is 0.715. The first kappa shape index (κ1) is 16.8. The zero-order valence-corrected chi connectivity index (χ0v) is 14.6. The lowest BCUT2D eigenvalue weighted by Crippen LogP contribution is -2.04. The van der Waals surface area contributed by atoms with Crippen LogP contribution in [-0.4, -0.2) is 22.8 Å². The number of rotatable bonds is 5. The number of alkyl halides is 2. The number of hydrogen-bond donors (Lipinski definition) is 1. The van der Waals surface area contributed by atoms with Crippen molar-refractivity contribution in [2.45, 2.75) is 32.3 Å². The molecule has 0 fully saturated rings. The van der Waals surface area contributed by atoms with Crippen LogP contribution in [0.4, 0.5) is 14.6 Å². The Kier molecular flexibility index (Phi) is 4.75. The molecule has 0 spiro atoms. The summed E-state index contributed by atoms with van der Waals surface area (Å²) >= 11 is 1.71. The van der Waals surface area contributed by atoms with E-state index in [1.165, 1.54) is 35.5 Å². The van der Waals surface area contributed by atoms with Gasteiger partial charge in [-0.3, -0.25) is 5.43 Å². The lowest BCUT2D eigenvalue weighted by Gasteiger charge is -2.11. The fourth-order valence-corrected chi connectivity index (χ4v) is 4.36. The normalized spacial score (nSPS) is 14.1. The molecular formula is C18H16F2N4OS. The van der Waals surface area contributed by atoms with Crippen molar-refractivity contribution >= 4 is 33.6 Å². The van der Waals surface area contributed by atoms with Gasteiger partial charge in [0.05, 0.1) is 11.6 Å². The smallest absolute Gasteiger partial charge is 0.387 e. The van der Waals surface area contributed by atoms with Crippen molar-refractivity contribution in [1.82, 2.24) is 9.97 Å². The number of ether oxygens (including phenoxy) is 1. The number of fused-ring (bicyclic) bond motifs is 3. The number of thiophene rings is 1. The minimum absolute atomic E-state index is 0.0776. The van der Waals surface area contributed by atoms with E-state index in [4.69, 9.17) is 0 Å². The van der Waals surface area contributed by atoms with Crippen molar-refractivity contribution in [2.75, 3.05) is 5.43 Å². The predicted octanol–water partition coefficient (Wildman–Crippen LogP) is 4.62. The second kappa shape index (κ2) is 7.33. The van der Waals surface area contributed by atoms with Crippen LogP contribution in [0, 0.1) is 0 Å². The average molecular weight is 374 g/mol. The molecule has 4 rings (SSSR count). The fourth-order valence-electron chi connectivity index (χ4n) is 3.13. The number of halogens is 2. The maximum absolute atomic E-state index is 12.5. The number of benzene rings is 1. The van der Waals surface area contributed by atoms with Crippen LogP contribution in [0.15, 0.2) is 35.7 Å². The summed E-state index contributed by atoms with van der Waals surface area (Å²) in [5.41, 5.74) is 4.69. The molecule has 1 aliphatic carbocycles. The second-order valence-electron chi connectivity index (χ2n) is 5.90. The van der Waals surface area contributed by atoms with Gasteiger partial charge in [-0.15, -0.1) is 11.3 Å². The Morgan fingerprint density at radius 2 is 2.04 bits per heavy atom. The number of hydrogen-bond acceptors (Lipinski definition) is 6. The van der Waals surface area contributed by atoms with Crippen molar-refractivity contribution in [2.24, 2.45) is 5.10 Å². The van der Waals surface area contributed by atoms with Crippen molar-refractivity contribution in [3.63, 3.8) is 0 Å². The molecule has 0 amide bonds. The SMILES string of the molecule is FC(F)Oc1ccccc1/C=N\Nc1ncnc2sc3c(c12)CCCC3. The van der Waals surface area contributed by atoms with Gasteiger partial charge in [0.15, 0.2) is 5.82 Å². The molecule has 3 aromatic rings. The molecule has 0 radical (unpaired) electrons. The van der Waals surface area contributed by atoms with Crippen molar-refractivity contribution in [3.05, 3.63) is 46.6 Å². The minimum Gasteiger partial charge on any atom is -0.434 e. The molecule has 0 bridgehead atoms. The van der Waals surface area contributed by atoms with Crippen LogP contribution >= 0.6 is 11.3 Å². The summed E-state index contributed by atoms with van der Waals surface area (Å²) in [6.07, 6.45) is 7.42. The highest BCUT2D eigenvalue weighted by Crippen LogP contribution is 2.38. The maximum Gasteiger partial charge on any atom is 0.387 e. The van der Waals surface area contributed by atoms with Gasteiger partial charge in [-0.1, -0.05) is 12.1 Å². The van der Waals surface area contributed by atoms with E-state index in [9.17, 15) is 8.78 Å². The number of para-hydroxylation sites is 1. The highest BCUT2D eigenvalue weighted by Gasteiger charge is 2.19. The van der Waals surface area contributed by atoms with E-state index in [-0.39, 0.29) is 5.75 Å². The standard InChI is InChI=1S/C18H16F2N4OS/c19-18(20)25-13-7-3-1-5-11(13)9-23-24-16-15-12-6-2-4-8-14(12)26-17(15)22-10-21-16/h1,3,5,7,9-10,18H,2,4,6,8H2,(H,21,22,24)/b23-9-. The Hall–Kier alpha value is -2.61. The summed E-state index contributed by atoms with van der Waals surface area (Å²) < 4.78 is 29.5. The van der Waals surface area contributed by atoms with Crippen LogP contribution in [-0.2, 0) is 12.8 Å². The maximum atomic E-state index is 12.5. The molecule has 0 aliphatic heterocycles. The van der Waals surface area contributed by atoms with Gasteiger partial charge in [-0.05, 0) is 43.4 Å². The molecule has 0 saturated carbocycles. The van der Waals surface area contributed by atoms with Gasteiger partial charge in [0, 0.05) is 10.4 Å². The molecular weight excluding hydrogens is 358 g/mol. The first-order valence-electron chi connectivity index (χ1n) is 8.30. The van der Waals surface area contributed by atoms with Crippen LogP contribution in [0.2, 0.25) is 0 Å². The van der Waals surface area contributed by atoms with Crippen LogP contribution in [0.25, 0.3) is 10.2 Å². The highest BCUT2D eigenvalue weighted by molar-refractivity contribution is 7.19. The number of aryl methyl sites for hydroxylation is 2. The zero-order valence-electron chi connectivity index (χ0n) is 13.8. The number of nitrogens with zero attached hydrogens (tertiary/aromatic N) is 3. The van der Waals surface area contributed by atoms with Crippen molar-refractivity contribution in [1.29, 1.82) is 0 Å². The van der Waals surface area contributed by atoms with Crippen molar-refractivity contribution < 1.29 is 13.5 Å². The summed E-state index contributed by atoms with van der Waals surface area (Å²) in [6.45, 7) is -2.88. The second-order valence-corrected chi connectivity index (χ2v) is 6.98. The Morgan fingerprint density at radius 1 is 1.19 bits per heavy atom. The molecule has 0 saturated heterocycles. The summed E-state index contributed by atoms with van der Waals surface area (Å²) in [7, 11) is 0. The summed E-state index contributed by atoms with van der Waals surface area (Å²) in [4.78, 5) is 11.0.